The molecule has 1 aliphatic heterocycles. The van der Waals surface area contributed by atoms with Crippen LogP contribution in [0.25, 0.3) is 10.9 Å². The normalized spacial score (nSPS) is 17.2. The standard InChI is InChI=1S/C22H29N3O5S/c1-21(2,3)29-19(27)23-14-12-31-17-11-15-13(10-16(17)24(7)18(14)26)8-9-25(15)20(28)30-22(4,5)6/h8-11,14H,12H2,1-7H3,(H,23,27). The first-order chi connectivity index (χ1) is 14.2. The first-order valence-corrected chi connectivity index (χ1v) is 11.0. The molecule has 1 aromatic carbocycles. The monoisotopic (exact) mass is 447 g/mol. The molecule has 9 heteroatoms. The van der Waals surface area contributed by atoms with E-state index in [0.717, 1.165) is 16.0 Å². The lowest BCUT2D eigenvalue weighted by molar-refractivity contribution is -0.119. The number of fused-ring (bicyclic) bond motifs is 2. The summed E-state index contributed by atoms with van der Waals surface area (Å²) in [6.07, 6.45) is 0.569. The van der Waals surface area contributed by atoms with Crippen LogP contribution >= 0.6 is 11.8 Å². The fourth-order valence-corrected chi connectivity index (χ4v) is 4.26. The van der Waals surface area contributed by atoms with Crippen molar-refractivity contribution in [3.8, 4) is 0 Å². The summed E-state index contributed by atoms with van der Waals surface area (Å²) in [4.78, 5) is 40.1. The molecule has 3 rings (SSSR count). The molecule has 168 valence electrons. The fraction of sp³-hybridized carbons (Fsp3) is 0.500. The van der Waals surface area contributed by atoms with Gasteiger partial charge in [-0.15, -0.1) is 11.8 Å². The van der Waals surface area contributed by atoms with Gasteiger partial charge >= 0.3 is 12.2 Å². The van der Waals surface area contributed by atoms with E-state index in [1.807, 2.05) is 39.0 Å². The van der Waals surface area contributed by atoms with E-state index in [1.54, 1.807) is 34.0 Å². The first kappa shape index (κ1) is 23.0. The van der Waals surface area contributed by atoms with Crippen molar-refractivity contribution in [3.05, 3.63) is 24.4 Å². The van der Waals surface area contributed by atoms with E-state index >= 15 is 0 Å². The van der Waals surface area contributed by atoms with Crippen LogP contribution in [0.1, 0.15) is 41.5 Å². The summed E-state index contributed by atoms with van der Waals surface area (Å²) in [6.45, 7) is 10.8. The second-order valence-electron chi connectivity index (χ2n) is 9.45. The summed E-state index contributed by atoms with van der Waals surface area (Å²) in [6, 6.07) is 4.82. The predicted octanol–water partition coefficient (Wildman–Crippen LogP) is 4.39. The summed E-state index contributed by atoms with van der Waals surface area (Å²) < 4.78 is 12.2. The third kappa shape index (κ3) is 5.33. The molecule has 0 fully saturated rings. The Morgan fingerprint density at radius 2 is 1.74 bits per heavy atom. The van der Waals surface area contributed by atoms with Crippen LogP contribution in [-0.4, -0.2) is 52.7 Å². The topological polar surface area (TPSA) is 89.9 Å². The maximum absolute atomic E-state index is 13.0. The van der Waals surface area contributed by atoms with Crippen LogP contribution in [0.15, 0.2) is 29.3 Å². The third-order valence-electron chi connectivity index (χ3n) is 4.45. The van der Waals surface area contributed by atoms with Gasteiger partial charge in [-0.05, 0) is 59.7 Å². The van der Waals surface area contributed by atoms with E-state index < -0.39 is 29.4 Å². The molecule has 1 N–H and O–H groups in total. The number of thioether (sulfide) groups is 1. The minimum absolute atomic E-state index is 0.233. The Kier molecular flexibility index (Phi) is 6.01. The van der Waals surface area contributed by atoms with Gasteiger partial charge in [-0.1, -0.05) is 0 Å². The zero-order valence-electron chi connectivity index (χ0n) is 18.9. The lowest BCUT2D eigenvalue weighted by atomic mass is 10.2. The minimum Gasteiger partial charge on any atom is -0.444 e. The Labute approximate surface area is 186 Å². The van der Waals surface area contributed by atoms with Crippen molar-refractivity contribution in [3.63, 3.8) is 0 Å². The molecule has 1 aromatic heterocycles. The molecule has 1 aliphatic rings. The zero-order valence-corrected chi connectivity index (χ0v) is 19.8. The Morgan fingerprint density at radius 3 is 2.35 bits per heavy atom. The largest absolute Gasteiger partial charge is 0.444 e. The molecule has 0 spiro atoms. The highest BCUT2D eigenvalue weighted by Crippen LogP contribution is 2.37. The molecule has 1 unspecified atom stereocenters. The van der Waals surface area contributed by atoms with E-state index in [9.17, 15) is 14.4 Å². The number of ether oxygens (including phenoxy) is 2. The van der Waals surface area contributed by atoms with E-state index in [4.69, 9.17) is 9.47 Å². The zero-order chi connectivity index (χ0) is 23.1. The molecule has 31 heavy (non-hydrogen) atoms. The van der Waals surface area contributed by atoms with E-state index in [1.165, 1.54) is 21.2 Å². The van der Waals surface area contributed by atoms with Gasteiger partial charge in [-0.25, -0.2) is 9.59 Å². The second-order valence-corrected chi connectivity index (χ2v) is 10.5. The van der Waals surface area contributed by atoms with Gasteiger partial charge in [0.15, 0.2) is 0 Å². The molecule has 8 nitrogen and oxygen atoms in total. The van der Waals surface area contributed by atoms with Crippen LogP contribution in [0.2, 0.25) is 0 Å². The quantitative estimate of drug-likeness (QED) is 0.698. The van der Waals surface area contributed by atoms with Gasteiger partial charge < -0.3 is 19.7 Å². The molecular formula is C22H29N3O5S. The summed E-state index contributed by atoms with van der Waals surface area (Å²) in [7, 11) is 1.67. The highest BCUT2D eigenvalue weighted by atomic mass is 32.2. The number of alkyl carbamates (subject to hydrolysis) is 1. The maximum atomic E-state index is 13.0. The molecule has 0 saturated carbocycles. The van der Waals surface area contributed by atoms with Gasteiger partial charge in [0.25, 0.3) is 0 Å². The van der Waals surface area contributed by atoms with Crippen molar-refractivity contribution in [1.29, 1.82) is 0 Å². The predicted molar refractivity (Wildman–Crippen MR) is 121 cm³/mol. The average Bonchev–Trinajstić information content (AvgIpc) is 2.98. The lowest BCUT2D eigenvalue weighted by Gasteiger charge is -2.24. The number of carbonyl (C=O) groups is 3. The number of hydrogen-bond donors (Lipinski definition) is 1. The van der Waals surface area contributed by atoms with Crippen LogP contribution in [0, 0.1) is 0 Å². The lowest BCUT2D eigenvalue weighted by Crippen LogP contribution is -2.49. The first-order valence-electron chi connectivity index (χ1n) is 10.0. The highest BCUT2D eigenvalue weighted by Gasteiger charge is 2.32. The summed E-state index contributed by atoms with van der Waals surface area (Å²) >= 11 is 1.44. The number of nitrogens with zero attached hydrogens (tertiary/aromatic N) is 2. The van der Waals surface area contributed by atoms with Crippen molar-refractivity contribution >= 4 is 46.4 Å². The number of anilines is 1. The van der Waals surface area contributed by atoms with Crippen molar-refractivity contribution in [2.24, 2.45) is 0 Å². The highest BCUT2D eigenvalue weighted by molar-refractivity contribution is 7.99. The smallest absolute Gasteiger partial charge is 0.418 e. The SMILES string of the molecule is CN1C(=O)C(NC(=O)OC(C)(C)C)CSc2cc3c(ccn3C(=O)OC(C)(C)C)cc21. The maximum Gasteiger partial charge on any atom is 0.418 e. The number of rotatable bonds is 1. The Balaban J connectivity index is 1.88. The average molecular weight is 448 g/mol. The van der Waals surface area contributed by atoms with Crippen LogP contribution in [0.3, 0.4) is 0 Å². The number of benzene rings is 1. The molecular weight excluding hydrogens is 418 g/mol. The van der Waals surface area contributed by atoms with Crippen molar-refractivity contribution in [1.82, 2.24) is 9.88 Å². The van der Waals surface area contributed by atoms with Gasteiger partial charge in [-0.2, -0.15) is 0 Å². The van der Waals surface area contributed by atoms with Gasteiger partial charge in [-0.3, -0.25) is 9.36 Å². The number of hydrogen-bond acceptors (Lipinski definition) is 6. The number of amides is 2. The molecule has 2 heterocycles. The van der Waals surface area contributed by atoms with Crippen LogP contribution in [0.4, 0.5) is 15.3 Å². The number of nitrogens with one attached hydrogen (secondary N) is 1. The Morgan fingerprint density at radius 1 is 1.10 bits per heavy atom. The van der Waals surface area contributed by atoms with Gasteiger partial charge in [0, 0.05) is 29.3 Å². The minimum atomic E-state index is -0.732. The van der Waals surface area contributed by atoms with Crippen LogP contribution < -0.4 is 10.2 Å². The fourth-order valence-electron chi connectivity index (χ4n) is 3.15. The van der Waals surface area contributed by atoms with Crippen molar-refractivity contribution in [2.75, 3.05) is 17.7 Å². The van der Waals surface area contributed by atoms with E-state index in [2.05, 4.69) is 5.32 Å². The van der Waals surface area contributed by atoms with Crippen LogP contribution in [0.5, 0.6) is 0 Å². The van der Waals surface area contributed by atoms with Crippen molar-refractivity contribution in [2.45, 2.75) is 63.7 Å². The number of aromatic nitrogens is 1. The Bertz CT molecular complexity index is 1030. The van der Waals surface area contributed by atoms with Gasteiger partial charge in [0.2, 0.25) is 5.91 Å². The number of carbonyl (C=O) groups excluding carboxylic acids is 3. The second kappa shape index (κ2) is 8.11. The molecule has 0 saturated heterocycles. The molecule has 2 aromatic rings. The summed E-state index contributed by atoms with van der Waals surface area (Å²) in [5.74, 6) is 0.108. The third-order valence-corrected chi connectivity index (χ3v) is 5.59. The van der Waals surface area contributed by atoms with Crippen LogP contribution in [-0.2, 0) is 14.3 Å². The molecule has 0 bridgehead atoms. The Hall–Kier alpha value is -2.68. The summed E-state index contributed by atoms with van der Waals surface area (Å²) in [5.41, 5.74) is 0.150. The molecule has 1 atom stereocenters. The molecule has 2 amide bonds. The van der Waals surface area contributed by atoms with E-state index in [-0.39, 0.29) is 5.91 Å². The van der Waals surface area contributed by atoms with Gasteiger partial charge in [0.1, 0.15) is 17.2 Å². The van der Waals surface area contributed by atoms with E-state index in [0.29, 0.717) is 11.3 Å². The summed E-state index contributed by atoms with van der Waals surface area (Å²) in [5, 5.41) is 3.48. The molecule has 0 aliphatic carbocycles. The van der Waals surface area contributed by atoms with Crippen molar-refractivity contribution < 1.29 is 23.9 Å². The number of likely N-dealkylation sites (N-methyl/N-ethyl adjacent to an activating group) is 1. The molecule has 0 radical (unpaired) electrons. The van der Waals surface area contributed by atoms with Gasteiger partial charge in [0.05, 0.1) is 11.2 Å².